The molecule has 1 aromatic heterocycles. The van der Waals surface area contributed by atoms with Gasteiger partial charge in [-0.2, -0.15) is 5.10 Å². The third-order valence-corrected chi connectivity index (χ3v) is 4.16. The van der Waals surface area contributed by atoms with Crippen molar-refractivity contribution in [3.8, 4) is 11.1 Å². The predicted molar refractivity (Wildman–Crippen MR) is 102 cm³/mol. The summed E-state index contributed by atoms with van der Waals surface area (Å²) in [7, 11) is 1.77. The Balaban J connectivity index is 1.72. The molecule has 2 aromatic carbocycles. The van der Waals surface area contributed by atoms with Crippen molar-refractivity contribution in [3.05, 3.63) is 66.4 Å². The van der Waals surface area contributed by atoms with Gasteiger partial charge in [-0.25, -0.2) is 0 Å². The lowest BCUT2D eigenvalue weighted by Crippen LogP contribution is -2.24. The summed E-state index contributed by atoms with van der Waals surface area (Å²) in [6.07, 6.45) is 2.05. The van der Waals surface area contributed by atoms with Crippen LogP contribution in [0.15, 0.2) is 60.8 Å². The summed E-state index contributed by atoms with van der Waals surface area (Å²) in [5.74, 6) is 0.432. The SMILES string of the molecule is CCC(=O)N(C)c1ccc(-c2ccc(C(=O)Nc3ccn[nH]3)cc2)cc1. The Morgan fingerprint density at radius 3 is 2.15 bits per heavy atom. The zero-order valence-corrected chi connectivity index (χ0v) is 14.7. The smallest absolute Gasteiger partial charge is 0.256 e. The van der Waals surface area contributed by atoms with Crippen LogP contribution >= 0.6 is 0 Å². The number of rotatable bonds is 5. The fourth-order valence-electron chi connectivity index (χ4n) is 2.59. The number of amides is 2. The highest BCUT2D eigenvalue weighted by molar-refractivity contribution is 6.04. The molecule has 0 unspecified atom stereocenters. The van der Waals surface area contributed by atoms with Gasteiger partial charge in [-0.1, -0.05) is 31.2 Å². The maximum absolute atomic E-state index is 12.2. The van der Waals surface area contributed by atoms with E-state index < -0.39 is 0 Å². The molecule has 0 radical (unpaired) electrons. The monoisotopic (exact) mass is 348 g/mol. The van der Waals surface area contributed by atoms with Crippen LogP contribution in [-0.2, 0) is 4.79 Å². The molecule has 2 amide bonds. The normalized spacial score (nSPS) is 10.4. The average Bonchev–Trinajstić information content (AvgIpc) is 3.20. The first-order valence-corrected chi connectivity index (χ1v) is 8.36. The summed E-state index contributed by atoms with van der Waals surface area (Å²) in [5.41, 5.74) is 3.44. The summed E-state index contributed by atoms with van der Waals surface area (Å²) in [5, 5.41) is 9.22. The molecule has 0 aliphatic rings. The highest BCUT2D eigenvalue weighted by Gasteiger charge is 2.10. The number of carbonyl (C=O) groups excluding carboxylic acids is 2. The van der Waals surface area contributed by atoms with Crippen molar-refractivity contribution in [2.45, 2.75) is 13.3 Å². The van der Waals surface area contributed by atoms with Crippen molar-refractivity contribution in [3.63, 3.8) is 0 Å². The minimum Gasteiger partial charge on any atom is -0.316 e. The van der Waals surface area contributed by atoms with Gasteiger partial charge in [-0.15, -0.1) is 0 Å². The van der Waals surface area contributed by atoms with E-state index in [1.807, 2.05) is 43.3 Å². The molecule has 0 saturated carbocycles. The Hall–Kier alpha value is -3.41. The number of nitrogens with one attached hydrogen (secondary N) is 2. The first-order chi connectivity index (χ1) is 12.6. The molecule has 0 fully saturated rings. The first-order valence-electron chi connectivity index (χ1n) is 8.36. The quantitative estimate of drug-likeness (QED) is 0.738. The van der Waals surface area contributed by atoms with Crippen molar-refractivity contribution in [1.82, 2.24) is 10.2 Å². The second-order valence-electron chi connectivity index (χ2n) is 5.85. The summed E-state index contributed by atoms with van der Waals surface area (Å²) >= 11 is 0. The molecule has 1 heterocycles. The van der Waals surface area contributed by atoms with Crippen molar-refractivity contribution in [2.24, 2.45) is 0 Å². The van der Waals surface area contributed by atoms with E-state index in [9.17, 15) is 9.59 Å². The molecule has 6 heteroatoms. The molecular weight excluding hydrogens is 328 g/mol. The Bertz CT molecular complexity index is 885. The Kier molecular flexibility index (Phi) is 5.12. The second kappa shape index (κ2) is 7.65. The summed E-state index contributed by atoms with van der Waals surface area (Å²) in [6, 6.07) is 16.8. The lowest BCUT2D eigenvalue weighted by Gasteiger charge is -2.16. The number of H-pyrrole nitrogens is 1. The molecular formula is C20H20N4O2. The van der Waals surface area contributed by atoms with Crippen LogP contribution in [0.1, 0.15) is 23.7 Å². The summed E-state index contributed by atoms with van der Waals surface area (Å²) in [6.45, 7) is 1.84. The van der Waals surface area contributed by atoms with Gasteiger partial charge < -0.3 is 10.2 Å². The van der Waals surface area contributed by atoms with Gasteiger partial charge in [0.25, 0.3) is 5.91 Å². The minimum absolute atomic E-state index is 0.0744. The maximum atomic E-state index is 12.2. The molecule has 132 valence electrons. The van der Waals surface area contributed by atoms with Crippen LogP contribution in [0.4, 0.5) is 11.5 Å². The second-order valence-corrected chi connectivity index (χ2v) is 5.85. The van der Waals surface area contributed by atoms with E-state index in [1.165, 1.54) is 0 Å². The molecule has 26 heavy (non-hydrogen) atoms. The lowest BCUT2D eigenvalue weighted by atomic mass is 10.0. The van der Waals surface area contributed by atoms with Crippen LogP contribution in [0.2, 0.25) is 0 Å². The fourth-order valence-corrected chi connectivity index (χ4v) is 2.59. The molecule has 0 bridgehead atoms. The van der Waals surface area contributed by atoms with Crippen molar-refractivity contribution in [1.29, 1.82) is 0 Å². The topological polar surface area (TPSA) is 78.1 Å². The average molecular weight is 348 g/mol. The van der Waals surface area contributed by atoms with Crippen LogP contribution < -0.4 is 10.2 Å². The van der Waals surface area contributed by atoms with Gasteiger partial charge in [0.1, 0.15) is 5.82 Å². The van der Waals surface area contributed by atoms with Gasteiger partial charge in [-0.05, 0) is 35.4 Å². The van der Waals surface area contributed by atoms with E-state index in [2.05, 4.69) is 15.5 Å². The Morgan fingerprint density at radius 2 is 1.62 bits per heavy atom. The molecule has 0 atom stereocenters. The molecule has 0 spiro atoms. The Labute approximate surface area is 151 Å². The third-order valence-electron chi connectivity index (χ3n) is 4.16. The van der Waals surface area contributed by atoms with E-state index >= 15 is 0 Å². The number of benzene rings is 2. The van der Waals surface area contributed by atoms with E-state index in [-0.39, 0.29) is 11.8 Å². The van der Waals surface area contributed by atoms with Crippen LogP contribution in [0.3, 0.4) is 0 Å². The number of aromatic nitrogens is 2. The van der Waals surface area contributed by atoms with Crippen molar-refractivity contribution < 1.29 is 9.59 Å². The van der Waals surface area contributed by atoms with E-state index in [4.69, 9.17) is 0 Å². The molecule has 2 N–H and O–H groups in total. The summed E-state index contributed by atoms with van der Waals surface area (Å²) in [4.78, 5) is 25.6. The highest BCUT2D eigenvalue weighted by atomic mass is 16.2. The molecule has 0 saturated heterocycles. The first kappa shape index (κ1) is 17.4. The van der Waals surface area contributed by atoms with Crippen LogP contribution in [0.25, 0.3) is 11.1 Å². The van der Waals surface area contributed by atoms with Gasteiger partial charge in [0.2, 0.25) is 5.91 Å². The fraction of sp³-hybridized carbons (Fsp3) is 0.150. The molecule has 3 rings (SSSR count). The van der Waals surface area contributed by atoms with Crippen LogP contribution in [0, 0.1) is 0 Å². The molecule has 0 aliphatic heterocycles. The van der Waals surface area contributed by atoms with Crippen molar-refractivity contribution >= 4 is 23.3 Å². The number of carbonyl (C=O) groups is 2. The molecule has 6 nitrogen and oxygen atoms in total. The van der Waals surface area contributed by atoms with Gasteiger partial charge in [0, 0.05) is 30.8 Å². The van der Waals surface area contributed by atoms with E-state index in [0.717, 1.165) is 16.8 Å². The highest BCUT2D eigenvalue weighted by Crippen LogP contribution is 2.23. The molecule has 0 aliphatic carbocycles. The standard InChI is InChI=1S/C20H20N4O2/c1-3-19(25)24(2)17-10-8-15(9-11-17)14-4-6-16(7-5-14)20(26)22-18-12-13-21-23-18/h4-13H,3H2,1-2H3,(H2,21,22,23,26). The zero-order chi connectivity index (χ0) is 18.5. The number of aromatic amines is 1. The number of hydrogen-bond donors (Lipinski definition) is 2. The van der Waals surface area contributed by atoms with Crippen LogP contribution in [0.5, 0.6) is 0 Å². The van der Waals surface area contributed by atoms with Gasteiger partial charge in [0.05, 0.1) is 6.20 Å². The lowest BCUT2D eigenvalue weighted by molar-refractivity contribution is -0.118. The minimum atomic E-state index is -0.198. The summed E-state index contributed by atoms with van der Waals surface area (Å²) < 4.78 is 0. The van der Waals surface area contributed by atoms with Gasteiger partial charge in [-0.3, -0.25) is 14.7 Å². The zero-order valence-electron chi connectivity index (χ0n) is 14.7. The molecule has 3 aromatic rings. The van der Waals surface area contributed by atoms with E-state index in [1.54, 1.807) is 36.3 Å². The number of anilines is 2. The van der Waals surface area contributed by atoms with E-state index in [0.29, 0.717) is 17.8 Å². The van der Waals surface area contributed by atoms with Gasteiger partial charge in [0.15, 0.2) is 0 Å². The number of hydrogen-bond acceptors (Lipinski definition) is 3. The third kappa shape index (κ3) is 3.80. The Morgan fingerprint density at radius 1 is 1.00 bits per heavy atom. The largest absolute Gasteiger partial charge is 0.316 e. The van der Waals surface area contributed by atoms with Crippen molar-refractivity contribution in [2.75, 3.05) is 17.3 Å². The van der Waals surface area contributed by atoms with Gasteiger partial charge >= 0.3 is 0 Å². The maximum Gasteiger partial charge on any atom is 0.256 e. The van der Waals surface area contributed by atoms with Crippen LogP contribution in [-0.4, -0.2) is 29.1 Å². The predicted octanol–water partition coefficient (Wildman–Crippen LogP) is 3.70. The number of nitrogens with zero attached hydrogens (tertiary/aromatic N) is 2.